The zero-order valence-electron chi connectivity index (χ0n) is 11.3. The van der Waals surface area contributed by atoms with Crippen LogP contribution in [0.15, 0.2) is 24.5 Å². The van der Waals surface area contributed by atoms with Crippen molar-refractivity contribution in [3.8, 4) is 0 Å². The average molecular weight is 312 g/mol. The molecule has 0 saturated carbocycles. The Bertz CT molecular complexity index is 709. The highest BCUT2D eigenvalue weighted by molar-refractivity contribution is 7.89. The first-order valence-electron chi connectivity index (χ1n) is 6.58. The van der Waals surface area contributed by atoms with Gasteiger partial charge in [-0.25, -0.2) is 22.6 Å². The van der Waals surface area contributed by atoms with Gasteiger partial charge in [0.15, 0.2) is 5.65 Å². The zero-order chi connectivity index (χ0) is 14.7. The summed E-state index contributed by atoms with van der Waals surface area (Å²) < 4.78 is 38.8. The Labute approximate surface area is 122 Å². The molecule has 1 saturated heterocycles. The minimum Gasteiger partial charge on any atom is -0.376 e. The minimum absolute atomic E-state index is 0.111. The van der Waals surface area contributed by atoms with E-state index in [2.05, 4.69) is 14.8 Å². The number of nitrogens with one attached hydrogen (secondary N) is 1. The lowest BCUT2D eigenvalue weighted by molar-refractivity contribution is -0.0783. The summed E-state index contributed by atoms with van der Waals surface area (Å²) in [7, 11) is -3.45. The van der Waals surface area contributed by atoms with Crippen molar-refractivity contribution in [1.29, 1.82) is 0 Å². The van der Waals surface area contributed by atoms with Crippen LogP contribution in [0.3, 0.4) is 0 Å². The number of aromatic nitrogens is 3. The molecule has 1 aliphatic heterocycles. The van der Waals surface area contributed by atoms with E-state index in [9.17, 15) is 8.42 Å². The Hall–Kier alpha value is -1.55. The molecule has 0 amide bonds. The first kappa shape index (κ1) is 14.4. The normalized spacial score (nSPS) is 19.9. The molecule has 0 bridgehead atoms. The van der Waals surface area contributed by atoms with E-state index in [0.29, 0.717) is 25.5 Å². The van der Waals surface area contributed by atoms with E-state index in [1.807, 2.05) is 6.07 Å². The van der Waals surface area contributed by atoms with Gasteiger partial charge in [0, 0.05) is 0 Å². The molecule has 3 heterocycles. The van der Waals surface area contributed by atoms with Crippen LogP contribution in [-0.4, -0.2) is 54.7 Å². The van der Waals surface area contributed by atoms with Crippen molar-refractivity contribution in [2.75, 3.05) is 25.6 Å². The SMILES string of the molecule is O=S(=O)(CC1COCCO1)NCc1cccc2ncnn12. The molecule has 1 atom stereocenters. The lowest BCUT2D eigenvalue weighted by Gasteiger charge is -2.22. The average Bonchev–Trinajstić information content (AvgIpc) is 2.95. The van der Waals surface area contributed by atoms with Crippen LogP contribution in [0.4, 0.5) is 0 Å². The fourth-order valence-electron chi connectivity index (χ4n) is 2.16. The van der Waals surface area contributed by atoms with E-state index in [1.54, 1.807) is 16.6 Å². The molecule has 114 valence electrons. The molecule has 2 aromatic heterocycles. The van der Waals surface area contributed by atoms with E-state index >= 15 is 0 Å². The molecule has 1 N–H and O–H groups in total. The highest BCUT2D eigenvalue weighted by Crippen LogP contribution is 2.06. The third-order valence-electron chi connectivity index (χ3n) is 3.14. The molecule has 3 rings (SSSR count). The largest absolute Gasteiger partial charge is 0.376 e. The Balaban J connectivity index is 1.64. The molecule has 0 aliphatic carbocycles. The molecule has 2 aromatic rings. The number of fused-ring (bicyclic) bond motifs is 1. The van der Waals surface area contributed by atoms with Crippen LogP contribution in [-0.2, 0) is 26.0 Å². The summed E-state index contributed by atoms with van der Waals surface area (Å²) in [6.07, 6.45) is 1.01. The Morgan fingerprint density at radius 2 is 2.29 bits per heavy atom. The summed E-state index contributed by atoms with van der Waals surface area (Å²) >= 11 is 0. The van der Waals surface area contributed by atoms with Crippen molar-refractivity contribution >= 4 is 15.7 Å². The van der Waals surface area contributed by atoms with Crippen molar-refractivity contribution in [1.82, 2.24) is 19.3 Å². The van der Waals surface area contributed by atoms with Crippen molar-refractivity contribution in [2.45, 2.75) is 12.6 Å². The van der Waals surface area contributed by atoms with Crippen LogP contribution in [0.1, 0.15) is 5.69 Å². The first-order valence-corrected chi connectivity index (χ1v) is 8.23. The van der Waals surface area contributed by atoms with Crippen molar-refractivity contribution in [3.63, 3.8) is 0 Å². The lowest BCUT2D eigenvalue weighted by Crippen LogP contribution is -2.39. The number of nitrogens with zero attached hydrogens (tertiary/aromatic N) is 3. The van der Waals surface area contributed by atoms with Crippen LogP contribution in [0.25, 0.3) is 5.65 Å². The standard InChI is InChI=1S/C12H16N4O4S/c17-21(18,8-11-7-19-4-5-20-11)15-6-10-2-1-3-12-13-9-14-16(10)12/h1-3,9,11,15H,4-8H2. The Kier molecular flexibility index (Phi) is 4.15. The summed E-state index contributed by atoms with van der Waals surface area (Å²) in [6.45, 7) is 1.40. The van der Waals surface area contributed by atoms with Gasteiger partial charge >= 0.3 is 0 Å². The van der Waals surface area contributed by atoms with Crippen LogP contribution < -0.4 is 4.72 Å². The molecule has 0 aromatic carbocycles. The quantitative estimate of drug-likeness (QED) is 0.804. The van der Waals surface area contributed by atoms with E-state index in [0.717, 1.165) is 5.69 Å². The maximum Gasteiger partial charge on any atom is 0.214 e. The smallest absolute Gasteiger partial charge is 0.214 e. The third kappa shape index (κ3) is 3.56. The Morgan fingerprint density at radius 1 is 1.38 bits per heavy atom. The molecule has 1 unspecified atom stereocenters. The summed E-state index contributed by atoms with van der Waals surface area (Å²) in [6, 6.07) is 5.41. The second-order valence-corrected chi connectivity index (χ2v) is 6.57. The van der Waals surface area contributed by atoms with Crippen LogP contribution in [0.5, 0.6) is 0 Å². The molecule has 1 aliphatic rings. The maximum atomic E-state index is 12.1. The number of hydrogen-bond acceptors (Lipinski definition) is 6. The fraction of sp³-hybridized carbons (Fsp3) is 0.500. The van der Waals surface area contributed by atoms with Gasteiger partial charge in [0.2, 0.25) is 10.0 Å². The number of pyridine rings is 1. The second kappa shape index (κ2) is 6.06. The van der Waals surface area contributed by atoms with Crippen LogP contribution >= 0.6 is 0 Å². The maximum absolute atomic E-state index is 12.1. The second-order valence-electron chi connectivity index (χ2n) is 4.72. The van der Waals surface area contributed by atoms with E-state index in [4.69, 9.17) is 9.47 Å². The molecule has 0 radical (unpaired) electrons. The lowest BCUT2D eigenvalue weighted by atomic mass is 10.3. The van der Waals surface area contributed by atoms with Gasteiger partial charge in [-0.2, -0.15) is 5.10 Å². The number of ether oxygens (including phenoxy) is 2. The Morgan fingerprint density at radius 3 is 3.10 bits per heavy atom. The van der Waals surface area contributed by atoms with Gasteiger partial charge < -0.3 is 9.47 Å². The van der Waals surface area contributed by atoms with Gasteiger partial charge in [0.05, 0.1) is 43.9 Å². The van der Waals surface area contributed by atoms with Gasteiger partial charge in [-0.3, -0.25) is 0 Å². The van der Waals surface area contributed by atoms with Gasteiger partial charge in [-0.15, -0.1) is 0 Å². The van der Waals surface area contributed by atoms with Crippen LogP contribution in [0, 0.1) is 0 Å². The molecular formula is C12H16N4O4S. The molecule has 21 heavy (non-hydrogen) atoms. The topological polar surface area (TPSA) is 94.8 Å². The molecule has 9 heteroatoms. The van der Waals surface area contributed by atoms with Gasteiger partial charge in [-0.05, 0) is 12.1 Å². The molecule has 0 spiro atoms. The van der Waals surface area contributed by atoms with Crippen molar-refractivity contribution in [2.24, 2.45) is 0 Å². The van der Waals surface area contributed by atoms with Gasteiger partial charge in [0.1, 0.15) is 6.33 Å². The van der Waals surface area contributed by atoms with Crippen molar-refractivity contribution in [3.05, 3.63) is 30.2 Å². The molecule has 1 fully saturated rings. The summed E-state index contributed by atoms with van der Waals surface area (Å²) in [5, 5.41) is 4.06. The fourth-order valence-corrected chi connectivity index (χ4v) is 3.32. The summed E-state index contributed by atoms with van der Waals surface area (Å²) in [5.74, 6) is -0.111. The molecular weight excluding hydrogens is 296 g/mol. The predicted octanol–water partition coefficient (Wildman–Crippen LogP) is -0.436. The third-order valence-corrected chi connectivity index (χ3v) is 4.54. The highest BCUT2D eigenvalue weighted by Gasteiger charge is 2.22. The number of hydrogen-bond donors (Lipinski definition) is 1. The summed E-state index contributed by atoms with van der Waals surface area (Å²) in [5.41, 5.74) is 1.39. The highest BCUT2D eigenvalue weighted by atomic mass is 32.2. The monoisotopic (exact) mass is 312 g/mol. The predicted molar refractivity (Wildman–Crippen MR) is 74.2 cm³/mol. The first-order chi connectivity index (χ1) is 10.1. The number of rotatable bonds is 5. The van der Waals surface area contributed by atoms with Gasteiger partial charge in [0.25, 0.3) is 0 Å². The minimum atomic E-state index is -3.45. The zero-order valence-corrected chi connectivity index (χ0v) is 12.1. The van der Waals surface area contributed by atoms with E-state index < -0.39 is 16.1 Å². The van der Waals surface area contributed by atoms with Crippen molar-refractivity contribution < 1.29 is 17.9 Å². The summed E-state index contributed by atoms with van der Waals surface area (Å²) in [4.78, 5) is 4.06. The van der Waals surface area contributed by atoms with Gasteiger partial charge in [-0.1, -0.05) is 6.07 Å². The number of sulfonamides is 1. The van der Waals surface area contributed by atoms with Crippen LogP contribution in [0.2, 0.25) is 0 Å². The molecule has 8 nitrogen and oxygen atoms in total. The van der Waals surface area contributed by atoms with E-state index in [1.165, 1.54) is 6.33 Å². The van der Waals surface area contributed by atoms with E-state index in [-0.39, 0.29) is 12.3 Å².